The van der Waals surface area contributed by atoms with Crippen LogP contribution in [0.2, 0.25) is 0 Å². The molecule has 5 nitrogen and oxygen atoms in total. The lowest BCUT2D eigenvalue weighted by molar-refractivity contribution is 0.275. The highest BCUT2D eigenvalue weighted by atomic mass is 16.3. The Balaban J connectivity index is 2.18. The molecule has 106 valence electrons. The Kier molecular flexibility index (Phi) is 4.96. The molecule has 1 aromatic rings. The predicted molar refractivity (Wildman–Crippen MR) is 77.7 cm³/mol. The van der Waals surface area contributed by atoms with Gasteiger partial charge in [-0.25, -0.2) is 9.97 Å². The van der Waals surface area contributed by atoms with Crippen molar-refractivity contribution in [1.82, 2.24) is 9.97 Å². The van der Waals surface area contributed by atoms with E-state index < -0.39 is 0 Å². The molecular formula is C14H24N4O. The van der Waals surface area contributed by atoms with Crippen LogP contribution in [0.15, 0.2) is 12.4 Å². The maximum Gasteiger partial charge on any atom is 0.134 e. The maximum atomic E-state index is 9.14. The van der Waals surface area contributed by atoms with Gasteiger partial charge in [0.1, 0.15) is 18.0 Å². The summed E-state index contributed by atoms with van der Waals surface area (Å²) in [5, 5.41) is 9.14. The molecule has 0 aromatic carbocycles. The van der Waals surface area contributed by atoms with E-state index in [9.17, 15) is 0 Å². The third-order valence-electron chi connectivity index (χ3n) is 3.86. The second-order valence-corrected chi connectivity index (χ2v) is 4.91. The SMILES string of the molecule is CCN(CC)c1cc(N2CCCC2CCO)ncn1. The summed E-state index contributed by atoms with van der Waals surface area (Å²) in [6.45, 7) is 7.44. The maximum absolute atomic E-state index is 9.14. The first-order chi connectivity index (χ1) is 9.30. The molecule has 1 atom stereocenters. The topological polar surface area (TPSA) is 52.5 Å². The van der Waals surface area contributed by atoms with Crippen LogP contribution < -0.4 is 9.80 Å². The Morgan fingerprint density at radius 3 is 2.84 bits per heavy atom. The monoisotopic (exact) mass is 264 g/mol. The summed E-state index contributed by atoms with van der Waals surface area (Å²) in [5.74, 6) is 1.98. The Labute approximate surface area is 115 Å². The van der Waals surface area contributed by atoms with Gasteiger partial charge >= 0.3 is 0 Å². The van der Waals surface area contributed by atoms with E-state index in [1.807, 2.05) is 0 Å². The van der Waals surface area contributed by atoms with Crippen molar-refractivity contribution >= 4 is 11.6 Å². The van der Waals surface area contributed by atoms with E-state index in [-0.39, 0.29) is 6.61 Å². The van der Waals surface area contributed by atoms with Crippen LogP contribution in [0.1, 0.15) is 33.1 Å². The average molecular weight is 264 g/mol. The van der Waals surface area contributed by atoms with Gasteiger partial charge in [0, 0.05) is 38.3 Å². The molecule has 2 heterocycles. The normalized spacial score (nSPS) is 18.9. The van der Waals surface area contributed by atoms with E-state index in [1.165, 1.54) is 6.42 Å². The Morgan fingerprint density at radius 1 is 1.37 bits per heavy atom. The summed E-state index contributed by atoms with van der Waals surface area (Å²) in [7, 11) is 0. The van der Waals surface area contributed by atoms with Crippen LogP contribution in [0.4, 0.5) is 11.6 Å². The van der Waals surface area contributed by atoms with Crippen LogP contribution in [0.3, 0.4) is 0 Å². The largest absolute Gasteiger partial charge is 0.396 e. The molecule has 1 aliphatic rings. The van der Waals surface area contributed by atoms with Crippen LogP contribution in [0, 0.1) is 0 Å². The molecule has 1 fully saturated rings. The summed E-state index contributed by atoms with van der Waals surface area (Å²) < 4.78 is 0. The third kappa shape index (κ3) is 3.15. The number of anilines is 2. The van der Waals surface area contributed by atoms with Crippen molar-refractivity contribution in [3.05, 3.63) is 12.4 Å². The fourth-order valence-corrected chi connectivity index (χ4v) is 2.80. The number of hydrogen-bond acceptors (Lipinski definition) is 5. The third-order valence-corrected chi connectivity index (χ3v) is 3.86. The predicted octanol–water partition coefficient (Wildman–Crippen LogP) is 1.67. The van der Waals surface area contributed by atoms with E-state index >= 15 is 0 Å². The summed E-state index contributed by atoms with van der Waals surface area (Å²) in [6, 6.07) is 2.49. The van der Waals surface area contributed by atoms with Gasteiger partial charge in [-0.15, -0.1) is 0 Å². The second kappa shape index (κ2) is 6.70. The van der Waals surface area contributed by atoms with Crippen molar-refractivity contribution in [2.45, 2.75) is 39.2 Å². The van der Waals surface area contributed by atoms with E-state index in [2.05, 4.69) is 39.7 Å². The van der Waals surface area contributed by atoms with Crippen LogP contribution in [-0.4, -0.2) is 47.4 Å². The molecular weight excluding hydrogens is 240 g/mol. The van der Waals surface area contributed by atoms with Crippen LogP contribution in [0.5, 0.6) is 0 Å². The van der Waals surface area contributed by atoms with E-state index in [1.54, 1.807) is 6.33 Å². The molecule has 19 heavy (non-hydrogen) atoms. The minimum atomic E-state index is 0.245. The minimum Gasteiger partial charge on any atom is -0.396 e. The standard InChI is InChI=1S/C14H24N4O/c1-3-17(4-2)13-10-14(16-11-15-13)18-8-5-6-12(18)7-9-19/h10-12,19H,3-9H2,1-2H3. The van der Waals surface area contributed by atoms with Gasteiger partial charge in [0.2, 0.25) is 0 Å². The Bertz CT molecular complexity index is 395. The van der Waals surface area contributed by atoms with Gasteiger partial charge in [-0.1, -0.05) is 0 Å². The summed E-state index contributed by atoms with van der Waals surface area (Å²) >= 11 is 0. The molecule has 1 unspecified atom stereocenters. The number of hydrogen-bond donors (Lipinski definition) is 1. The molecule has 0 saturated carbocycles. The number of aliphatic hydroxyl groups excluding tert-OH is 1. The van der Waals surface area contributed by atoms with Crippen LogP contribution >= 0.6 is 0 Å². The lowest BCUT2D eigenvalue weighted by Crippen LogP contribution is -2.31. The Hall–Kier alpha value is -1.36. The number of nitrogens with zero attached hydrogens (tertiary/aromatic N) is 4. The summed E-state index contributed by atoms with van der Waals surface area (Å²) in [4.78, 5) is 13.3. The molecule has 0 radical (unpaired) electrons. The molecule has 0 bridgehead atoms. The average Bonchev–Trinajstić information content (AvgIpc) is 2.89. The molecule has 1 aromatic heterocycles. The fraction of sp³-hybridized carbons (Fsp3) is 0.714. The molecule has 1 N–H and O–H groups in total. The lowest BCUT2D eigenvalue weighted by atomic mass is 10.1. The highest BCUT2D eigenvalue weighted by Gasteiger charge is 2.25. The van der Waals surface area contributed by atoms with Crippen LogP contribution in [0.25, 0.3) is 0 Å². The molecule has 5 heteroatoms. The molecule has 2 rings (SSSR count). The quantitative estimate of drug-likeness (QED) is 0.847. The summed E-state index contributed by atoms with van der Waals surface area (Å²) in [5.41, 5.74) is 0. The van der Waals surface area contributed by atoms with Crippen molar-refractivity contribution < 1.29 is 5.11 Å². The first-order valence-corrected chi connectivity index (χ1v) is 7.24. The van der Waals surface area contributed by atoms with Gasteiger partial charge in [0.25, 0.3) is 0 Å². The Morgan fingerprint density at radius 2 is 2.16 bits per heavy atom. The zero-order valence-corrected chi connectivity index (χ0v) is 11.9. The number of aliphatic hydroxyl groups is 1. The zero-order chi connectivity index (χ0) is 13.7. The number of aromatic nitrogens is 2. The van der Waals surface area contributed by atoms with Gasteiger partial charge in [-0.3, -0.25) is 0 Å². The van der Waals surface area contributed by atoms with E-state index in [0.29, 0.717) is 6.04 Å². The van der Waals surface area contributed by atoms with Gasteiger partial charge in [0.15, 0.2) is 0 Å². The molecule has 0 spiro atoms. The van der Waals surface area contributed by atoms with Crippen molar-refractivity contribution in [2.24, 2.45) is 0 Å². The van der Waals surface area contributed by atoms with E-state index in [4.69, 9.17) is 5.11 Å². The smallest absolute Gasteiger partial charge is 0.134 e. The van der Waals surface area contributed by atoms with Crippen molar-refractivity contribution in [3.63, 3.8) is 0 Å². The highest BCUT2D eigenvalue weighted by Crippen LogP contribution is 2.27. The van der Waals surface area contributed by atoms with E-state index in [0.717, 1.165) is 44.1 Å². The van der Waals surface area contributed by atoms with Gasteiger partial charge < -0.3 is 14.9 Å². The molecule has 0 aliphatic carbocycles. The second-order valence-electron chi connectivity index (χ2n) is 4.91. The van der Waals surface area contributed by atoms with Gasteiger partial charge in [-0.05, 0) is 33.1 Å². The van der Waals surface area contributed by atoms with Gasteiger partial charge in [0.05, 0.1) is 0 Å². The molecule has 0 amide bonds. The van der Waals surface area contributed by atoms with Crippen molar-refractivity contribution in [3.8, 4) is 0 Å². The fourth-order valence-electron chi connectivity index (χ4n) is 2.80. The first kappa shape index (κ1) is 14.1. The zero-order valence-electron chi connectivity index (χ0n) is 11.9. The minimum absolute atomic E-state index is 0.245. The van der Waals surface area contributed by atoms with Crippen LogP contribution in [-0.2, 0) is 0 Å². The number of rotatable bonds is 6. The molecule has 1 saturated heterocycles. The highest BCUT2D eigenvalue weighted by molar-refractivity contribution is 5.51. The summed E-state index contributed by atoms with van der Waals surface area (Å²) in [6.07, 6.45) is 4.79. The molecule has 1 aliphatic heterocycles. The van der Waals surface area contributed by atoms with Crippen molar-refractivity contribution in [2.75, 3.05) is 36.0 Å². The lowest BCUT2D eigenvalue weighted by Gasteiger charge is -2.27. The first-order valence-electron chi connectivity index (χ1n) is 7.24. The van der Waals surface area contributed by atoms with Gasteiger partial charge in [-0.2, -0.15) is 0 Å². The van der Waals surface area contributed by atoms with Crippen molar-refractivity contribution in [1.29, 1.82) is 0 Å².